The fourth-order valence-electron chi connectivity index (χ4n) is 3.14. The Morgan fingerprint density at radius 2 is 2.05 bits per heavy atom. The molecule has 2 rings (SSSR count). The van der Waals surface area contributed by atoms with E-state index in [-0.39, 0.29) is 18.2 Å². The predicted molar refractivity (Wildman–Crippen MR) is 82.5 cm³/mol. The summed E-state index contributed by atoms with van der Waals surface area (Å²) in [5.41, 5.74) is 2.59. The summed E-state index contributed by atoms with van der Waals surface area (Å²) >= 11 is 0. The zero-order valence-electron chi connectivity index (χ0n) is 13.8. The van der Waals surface area contributed by atoms with Crippen LogP contribution in [-0.2, 0) is 23.1 Å². The van der Waals surface area contributed by atoms with Gasteiger partial charge in [-0.1, -0.05) is 6.92 Å². The average Bonchev–Trinajstić information content (AvgIpc) is 2.62. The van der Waals surface area contributed by atoms with Gasteiger partial charge in [-0.05, 0) is 45.1 Å². The summed E-state index contributed by atoms with van der Waals surface area (Å²) in [6, 6.07) is 0. The number of rotatable bonds is 6. The van der Waals surface area contributed by atoms with Crippen molar-refractivity contribution in [1.82, 2.24) is 15.1 Å². The number of aryl methyl sites for hydroxylation is 2. The molecule has 0 saturated heterocycles. The van der Waals surface area contributed by atoms with Gasteiger partial charge >= 0.3 is 5.97 Å². The van der Waals surface area contributed by atoms with E-state index in [1.165, 1.54) is 0 Å². The lowest BCUT2D eigenvalue weighted by Crippen LogP contribution is -2.56. The first-order valence-electron chi connectivity index (χ1n) is 7.77. The van der Waals surface area contributed by atoms with Crippen LogP contribution in [0.25, 0.3) is 0 Å². The molecule has 0 radical (unpaired) electrons. The van der Waals surface area contributed by atoms with Crippen LogP contribution in [0.1, 0.15) is 49.6 Å². The number of amides is 1. The van der Waals surface area contributed by atoms with E-state index in [9.17, 15) is 9.59 Å². The van der Waals surface area contributed by atoms with E-state index in [0.29, 0.717) is 6.42 Å². The van der Waals surface area contributed by atoms with Crippen LogP contribution in [0.2, 0.25) is 0 Å². The third kappa shape index (κ3) is 3.31. The van der Waals surface area contributed by atoms with Gasteiger partial charge in [-0.3, -0.25) is 14.3 Å². The molecule has 1 saturated carbocycles. The Balaban J connectivity index is 2.01. The molecule has 1 fully saturated rings. The third-order valence-corrected chi connectivity index (χ3v) is 4.81. The smallest absolute Gasteiger partial charge is 0.305 e. The van der Waals surface area contributed by atoms with Crippen molar-refractivity contribution in [1.29, 1.82) is 0 Å². The van der Waals surface area contributed by atoms with Crippen LogP contribution in [0.3, 0.4) is 0 Å². The van der Waals surface area contributed by atoms with Crippen molar-refractivity contribution < 1.29 is 14.7 Å². The predicted octanol–water partition coefficient (Wildman–Crippen LogP) is 1.73. The quantitative estimate of drug-likeness (QED) is 0.838. The largest absolute Gasteiger partial charge is 0.481 e. The minimum Gasteiger partial charge on any atom is -0.481 e. The molecule has 0 aromatic carbocycles. The molecular weight excluding hydrogens is 282 g/mol. The summed E-state index contributed by atoms with van der Waals surface area (Å²) in [5, 5.41) is 16.4. The number of nitrogens with one attached hydrogen (secondary N) is 1. The summed E-state index contributed by atoms with van der Waals surface area (Å²) in [5.74, 6) is -1.12. The molecule has 0 spiro atoms. The van der Waals surface area contributed by atoms with Crippen molar-refractivity contribution in [2.75, 3.05) is 0 Å². The highest BCUT2D eigenvalue weighted by molar-refractivity contribution is 5.80. The van der Waals surface area contributed by atoms with Crippen LogP contribution in [-0.4, -0.2) is 32.3 Å². The molecule has 1 unspecified atom stereocenters. The summed E-state index contributed by atoms with van der Waals surface area (Å²) in [6.45, 7) is 5.83. The number of carbonyl (C=O) groups excluding carboxylic acids is 1. The topological polar surface area (TPSA) is 84.2 Å². The van der Waals surface area contributed by atoms with E-state index in [1.807, 2.05) is 32.5 Å². The zero-order chi connectivity index (χ0) is 16.5. The monoisotopic (exact) mass is 307 g/mol. The van der Waals surface area contributed by atoms with Gasteiger partial charge in [0.05, 0.1) is 17.7 Å². The fraction of sp³-hybridized carbons (Fsp3) is 0.688. The Labute approximate surface area is 130 Å². The molecule has 6 nitrogen and oxygen atoms in total. The van der Waals surface area contributed by atoms with Gasteiger partial charge in [0.1, 0.15) is 0 Å². The first-order chi connectivity index (χ1) is 10.2. The van der Waals surface area contributed by atoms with Crippen molar-refractivity contribution in [3.8, 4) is 0 Å². The van der Waals surface area contributed by atoms with E-state index < -0.39 is 11.5 Å². The van der Waals surface area contributed by atoms with Crippen LogP contribution >= 0.6 is 0 Å². The van der Waals surface area contributed by atoms with Crippen molar-refractivity contribution >= 4 is 11.9 Å². The van der Waals surface area contributed by atoms with E-state index in [0.717, 1.165) is 36.2 Å². The molecule has 1 aromatic rings. The van der Waals surface area contributed by atoms with E-state index in [4.69, 9.17) is 5.11 Å². The minimum absolute atomic E-state index is 0.0103. The fourth-order valence-corrected chi connectivity index (χ4v) is 3.14. The molecule has 122 valence electrons. The molecule has 2 N–H and O–H groups in total. The number of aromatic nitrogens is 2. The summed E-state index contributed by atoms with van der Waals surface area (Å²) in [6.07, 6.45) is 3.12. The second-order valence-corrected chi connectivity index (χ2v) is 6.57. The van der Waals surface area contributed by atoms with Gasteiger partial charge in [0.25, 0.3) is 0 Å². The number of carbonyl (C=O) groups is 2. The number of nitrogens with zero attached hydrogens (tertiary/aromatic N) is 2. The van der Waals surface area contributed by atoms with Gasteiger partial charge < -0.3 is 10.4 Å². The highest BCUT2D eigenvalue weighted by Crippen LogP contribution is 2.35. The third-order valence-electron chi connectivity index (χ3n) is 4.81. The Morgan fingerprint density at radius 1 is 1.41 bits per heavy atom. The van der Waals surface area contributed by atoms with Crippen molar-refractivity contribution in [2.24, 2.45) is 13.0 Å². The minimum atomic E-state index is -0.855. The highest BCUT2D eigenvalue weighted by atomic mass is 16.4. The molecule has 1 aliphatic carbocycles. The van der Waals surface area contributed by atoms with Gasteiger partial charge in [-0.15, -0.1) is 0 Å². The summed E-state index contributed by atoms with van der Waals surface area (Å²) < 4.78 is 1.83. The number of hydrogen-bond acceptors (Lipinski definition) is 3. The maximum absolute atomic E-state index is 12.4. The van der Waals surface area contributed by atoms with Gasteiger partial charge in [0, 0.05) is 18.7 Å². The van der Waals surface area contributed by atoms with Gasteiger partial charge in [0.2, 0.25) is 5.91 Å². The lowest BCUT2D eigenvalue weighted by molar-refractivity contribution is -0.140. The average molecular weight is 307 g/mol. The van der Waals surface area contributed by atoms with Gasteiger partial charge in [-0.2, -0.15) is 5.10 Å². The SMILES string of the molecule is Cc1nn(C)c(C)c1CC(C)C(=O)NC1(CC(=O)O)CCC1. The lowest BCUT2D eigenvalue weighted by atomic mass is 9.74. The number of carboxylic acid groups (broad SMARTS) is 1. The molecular formula is C16H25N3O3. The molecule has 6 heteroatoms. The maximum atomic E-state index is 12.4. The lowest BCUT2D eigenvalue weighted by Gasteiger charge is -2.42. The van der Waals surface area contributed by atoms with Crippen LogP contribution in [0.15, 0.2) is 0 Å². The molecule has 0 bridgehead atoms. The number of carboxylic acids is 1. The zero-order valence-corrected chi connectivity index (χ0v) is 13.8. The Kier molecular flexibility index (Phi) is 4.58. The number of hydrogen-bond donors (Lipinski definition) is 2. The molecule has 22 heavy (non-hydrogen) atoms. The Bertz CT molecular complexity index is 588. The first-order valence-corrected chi connectivity index (χ1v) is 7.77. The van der Waals surface area contributed by atoms with E-state index in [2.05, 4.69) is 10.4 Å². The Morgan fingerprint density at radius 3 is 2.45 bits per heavy atom. The maximum Gasteiger partial charge on any atom is 0.305 e. The normalized spacial score (nSPS) is 17.6. The summed E-state index contributed by atoms with van der Waals surface area (Å²) in [4.78, 5) is 23.4. The molecule has 1 aliphatic rings. The second-order valence-electron chi connectivity index (χ2n) is 6.57. The standard InChI is InChI=1S/C16H25N3O3/c1-10(8-13-11(2)18-19(4)12(13)3)15(22)17-16(6-5-7-16)9-14(20)21/h10H,5-9H2,1-4H3,(H,17,22)(H,20,21). The van der Waals surface area contributed by atoms with Crippen LogP contribution in [0.4, 0.5) is 0 Å². The van der Waals surface area contributed by atoms with Crippen molar-refractivity contribution in [3.05, 3.63) is 17.0 Å². The number of aliphatic carboxylic acids is 1. The molecule has 1 atom stereocenters. The van der Waals surface area contributed by atoms with Crippen LogP contribution in [0.5, 0.6) is 0 Å². The van der Waals surface area contributed by atoms with E-state index >= 15 is 0 Å². The molecule has 1 amide bonds. The van der Waals surface area contributed by atoms with Crippen LogP contribution < -0.4 is 5.32 Å². The second kappa shape index (κ2) is 6.10. The van der Waals surface area contributed by atoms with Crippen LogP contribution in [0, 0.1) is 19.8 Å². The van der Waals surface area contributed by atoms with Gasteiger partial charge in [-0.25, -0.2) is 0 Å². The van der Waals surface area contributed by atoms with Crippen molar-refractivity contribution in [3.63, 3.8) is 0 Å². The summed E-state index contributed by atoms with van der Waals surface area (Å²) in [7, 11) is 1.90. The molecule has 0 aliphatic heterocycles. The van der Waals surface area contributed by atoms with Gasteiger partial charge in [0.15, 0.2) is 0 Å². The first kappa shape index (κ1) is 16.5. The van der Waals surface area contributed by atoms with Crippen molar-refractivity contribution in [2.45, 2.75) is 58.4 Å². The molecule has 1 heterocycles. The highest BCUT2D eigenvalue weighted by Gasteiger charge is 2.41. The van der Waals surface area contributed by atoms with E-state index in [1.54, 1.807) is 0 Å². The Hall–Kier alpha value is -1.85. The molecule has 1 aromatic heterocycles.